The van der Waals surface area contributed by atoms with Gasteiger partial charge >= 0.3 is 74.9 Å². The Labute approximate surface area is 142 Å². The van der Waals surface area contributed by atoms with E-state index in [4.69, 9.17) is 5.11 Å². The van der Waals surface area contributed by atoms with Crippen molar-refractivity contribution in [3.8, 4) is 0 Å². The summed E-state index contributed by atoms with van der Waals surface area (Å²) in [5.41, 5.74) is 0. The van der Waals surface area contributed by atoms with E-state index in [1.165, 1.54) is 32.1 Å². The number of aliphatic carboxylic acids is 1. The summed E-state index contributed by atoms with van der Waals surface area (Å²) < 4.78 is 0. The Morgan fingerprint density at radius 2 is 1.54 bits per heavy atom. The van der Waals surface area contributed by atoms with Crippen molar-refractivity contribution in [1.29, 1.82) is 0 Å². The van der Waals surface area contributed by atoms with Gasteiger partial charge in [-0.2, -0.15) is 0 Å². The summed E-state index contributed by atoms with van der Waals surface area (Å²) in [6.07, 6.45) is 8.64. The van der Waals surface area contributed by atoms with Crippen molar-refractivity contribution < 1.29 is 80.2 Å². The van der Waals surface area contributed by atoms with E-state index < -0.39 is 5.97 Å². The van der Waals surface area contributed by atoms with Gasteiger partial charge < -0.3 is 6.53 Å². The molecule has 0 saturated carbocycles. The van der Waals surface area contributed by atoms with Gasteiger partial charge in [0.1, 0.15) is 0 Å². The van der Waals surface area contributed by atoms with Crippen molar-refractivity contribution in [3.05, 3.63) is 0 Å². The van der Waals surface area contributed by atoms with Crippen LogP contribution >= 0.6 is 0 Å². The second-order valence-corrected chi connectivity index (χ2v) is 3.27. The van der Waals surface area contributed by atoms with E-state index in [9.17, 15) is 4.79 Å². The predicted molar refractivity (Wildman–Crippen MR) is 51.4 cm³/mol. The minimum absolute atomic E-state index is 0. The second-order valence-electron chi connectivity index (χ2n) is 3.27. The zero-order chi connectivity index (χ0) is 9.23. The Balaban J connectivity index is -0.000000605. The molecule has 74 valence electrons. The third-order valence-electron chi connectivity index (χ3n) is 1.99. The molecule has 13 heavy (non-hydrogen) atoms. The molecule has 0 aromatic carbocycles. The fourth-order valence-corrected chi connectivity index (χ4v) is 1.23. The fraction of sp³-hybridized carbons (Fsp3) is 0.900. The topological polar surface area (TPSA) is 37.3 Å². The Bertz CT molecular complexity index is 121. The first-order chi connectivity index (χ1) is 5.77. The molecule has 0 aromatic rings. The number of rotatable bonds is 8. The summed E-state index contributed by atoms with van der Waals surface area (Å²) in [6, 6.07) is 0. The van der Waals surface area contributed by atoms with E-state index >= 15 is 0 Å². The summed E-state index contributed by atoms with van der Waals surface area (Å²) in [5, 5.41) is 8.35. The van der Waals surface area contributed by atoms with Crippen molar-refractivity contribution >= 4 is 5.97 Å². The molecule has 0 heterocycles. The summed E-state index contributed by atoms with van der Waals surface area (Å²) in [7, 11) is 0. The van der Waals surface area contributed by atoms with Crippen molar-refractivity contribution in [2.75, 3.05) is 0 Å². The Kier molecular flexibility index (Phi) is 17.6. The molecule has 2 nitrogen and oxygen atoms in total. The zero-order valence-corrected chi connectivity index (χ0v) is 15.3. The quantitative estimate of drug-likeness (QED) is 0.656. The van der Waals surface area contributed by atoms with Crippen LogP contribution < -0.4 is 68.9 Å². The first kappa shape index (κ1) is 16.9. The van der Waals surface area contributed by atoms with E-state index in [1.54, 1.807) is 0 Å². The molecule has 0 spiro atoms. The Morgan fingerprint density at radius 1 is 1.08 bits per heavy atom. The molecule has 0 aliphatic heterocycles. The molecule has 0 aliphatic rings. The van der Waals surface area contributed by atoms with E-state index in [2.05, 4.69) is 6.92 Å². The van der Waals surface area contributed by atoms with Gasteiger partial charge in [-0.1, -0.05) is 45.4 Å². The first-order valence-corrected chi connectivity index (χ1v) is 4.99. The largest absolute Gasteiger partial charge is 1.00 e. The number of carboxylic acids is 1. The van der Waals surface area contributed by atoms with Crippen molar-refractivity contribution in [1.82, 2.24) is 0 Å². The molecule has 0 atom stereocenters. The average Bonchev–Trinajstić information content (AvgIpc) is 2.02. The van der Waals surface area contributed by atoms with E-state index in [0.717, 1.165) is 12.8 Å². The summed E-state index contributed by atoms with van der Waals surface area (Å²) in [6.45, 7) is 2.20. The number of carbonyl (C=O) groups is 1. The van der Waals surface area contributed by atoms with Crippen LogP contribution in [0.2, 0.25) is 0 Å². The van der Waals surface area contributed by atoms with Crippen molar-refractivity contribution in [3.63, 3.8) is 0 Å². The van der Waals surface area contributed by atoms with Gasteiger partial charge in [-0.05, 0) is 6.42 Å². The maximum Gasteiger partial charge on any atom is 1.00 e. The molecule has 0 fully saturated rings. The van der Waals surface area contributed by atoms with Crippen molar-refractivity contribution in [2.24, 2.45) is 0 Å². The molecule has 0 bridgehead atoms. The van der Waals surface area contributed by atoms with Gasteiger partial charge in [0, 0.05) is 6.42 Å². The van der Waals surface area contributed by atoms with Crippen LogP contribution in [-0.4, -0.2) is 11.1 Å². The zero-order valence-electron chi connectivity index (χ0n) is 10.0. The normalized spacial score (nSPS) is 9.31. The molecule has 3 heteroatoms. The Morgan fingerprint density at radius 3 is 2.00 bits per heavy atom. The Hall–Kier alpha value is 1.52. The van der Waals surface area contributed by atoms with Crippen LogP contribution in [0, 0.1) is 0 Å². The number of hydrogen-bond donors (Lipinski definition) is 1. The first-order valence-electron chi connectivity index (χ1n) is 4.99. The minimum atomic E-state index is -0.663. The molecular weight excluding hydrogens is 285 g/mol. The smallest absolute Gasteiger partial charge is 1.00 e. The van der Waals surface area contributed by atoms with Crippen LogP contribution in [0.3, 0.4) is 0 Å². The minimum Gasteiger partial charge on any atom is -1.00 e. The summed E-state index contributed by atoms with van der Waals surface area (Å²) >= 11 is 0. The van der Waals surface area contributed by atoms with Crippen LogP contribution in [0.5, 0.6) is 0 Å². The van der Waals surface area contributed by atoms with Gasteiger partial charge in [-0.15, -0.1) is 0 Å². The van der Waals surface area contributed by atoms with Crippen LogP contribution in [0.15, 0.2) is 0 Å². The standard InChI is InChI=1S/C10H20O2.Cs.H/c1-2-3-4-5-6-7-8-9-10(11)12;;/h2-9H2,1H3,(H,11,12);;/q;+1;-1. The fourth-order valence-electron chi connectivity index (χ4n) is 1.23. The van der Waals surface area contributed by atoms with Gasteiger partial charge in [-0.3, -0.25) is 4.79 Å². The van der Waals surface area contributed by atoms with E-state index in [0.29, 0.717) is 6.42 Å². The second kappa shape index (κ2) is 13.5. The predicted octanol–water partition coefficient (Wildman–Crippen LogP) is 0.328. The third kappa shape index (κ3) is 16.2. The van der Waals surface area contributed by atoms with E-state index in [1.807, 2.05) is 0 Å². The molecule has 0 rings (SSSR count). The van der Waals surface area contributed by atoms with E-state index in [-0.39, 0.29) is 70.3 Å². The third-order valence-corrected chi connectivity index (χ3v) is 1.99. The van der Waals surface area contributed by atoms with Crippen LogP contribution in [0.25, 0.3) is 0 Å². The van der Waals surface area contributed by atoms with Crippen molar-refractivity contribution in [2.45, 2.75) is 58.3 Å². The maximum atomic E-state index is 10.1. The molecule has 0 saturated heterocycles. The van der Waals surface area contributed by atoms with Gasteiger partial charge in [-0.25, -0.2) is 0 Å². The van der Waals surface area contributed by atoms with Gasteiger partial charge in [0.25, 0.3) is 0 Å². The molecular formula is C10H21CsO2. The molecule has 0 aliphatic carbocycles. The van der Waals surface area contributed by atoms with Gasteiger partial charge in [0.05, 0.1) is 0 Å². The maximum absolute atomic E-state index is 10.1. The molecule has 0 radical (unpaired) electrons. The van der Waals surface area contributed by atoms with Crippen LogP contribution in [-0.2, 0) is 4.79 Å². The number of unbranched alkanes of at least 4 members (excludes halogenated alkanes) is 6. The average molecular weight is 306 g/mol. The van der Waals surface area contributed by atoms with Crippen LogP contribution in [0.1, 0.15) is 59.7 Å². The molecule has 0 unspecified atom stereocenters. The number of hydrogen-bond acceptors (Lipinski definition) is 1. The molecule has 0 amide bonds. The summed E-state index contributed by atoms with van der Waals surface area (Å²) in [5.74, 6) is -0.663. The van der Waals surface area contributed by atoms with Gasteiger partial charge in [0.2, 0.25) is 0 Å². The molecule has 1 N–H and O–H groups in total. The summed E-state index contributed by atoms with van der Waals surface area (Å²) in [4.78, 5) is 10.1. The van der Waals surface area contributed by atoms with Crippen LogP contribution in [0.4, 0.5) is 0 Å². The SMILES string of the molecule is CCCCCCCCCC(=O)O.[Cs+].[H-]. The molecule has 0 aromatic heterocycles. The monoisotopic (exact) mass is 306 g/mol. The van der Waals surface area contributed by atoms with Gasteiger partial charge in [0.15, 0.2) is 0 Å². The number of carboxylic acid groups (broad SMARTS) is 1.